The van der Waals surface area contributed by atoms with Crippen molar-refractivity contribution in [1.82, 2.24) is 9.88 Å². The summed E-state index contributed by atoms with van der Waals surface area (Å²) in [4.78, 5) is 22.3. The molecule has 2 heterocycles. The number of nitrogens with one attached hydrogen (secondary N) is 1. The van der Waals surface area contributed by atoms with E-state index in [0.29, 0.717) is 0 Å². The van der Waals surface area contributed by atoms with E-state index in [-0.39, 0.29) is 5.76 Å². The van der Waals surface area contributed by atoms with Crippen LogP contribution in [0.2, 0.25) is 0 Å². The zero-order valence-corrected chi connectivity index (χ0v) is 9.64. The van der Waals surface area contributed by atoms with E-state index < -0.39 is 12.0 Å². The van der Waals surface area contributed by atoms with Crippen molar-refractivity contribution in [3.63, 3.8) is 0 Å². The van der Waals surface area contributed by atoms with Crippen LogP contribution in [0.3, 0.4) is 0 Å². The predicted octanol–water partition coefficient (Wildman–Crippen LogP) is 1.79. The molecule has 1 aliphatic rings. The predicted molar refractivity (Wildman–Crippen MR) is 65.5 cm³/mol. The highest BCUT2D eigenvalue weighted by Gasteiger charge is 2.26. The number of alkyl carbamates (subject to hydrolysis) is 1. The minimum atomic E-state index is -0.730. The van der Waals surface area contributed by atoms with Gasteiger partial charge in [-0.1, -0.05) is 18.2 Å². The van der Waals surface area contributed by atoms with Crippen LogP contribution in [0.5, 0.6) is 0 Å². The monoisotopic (exact) mass is 242 g/mol. The van der Waals surface area contributed by atoms with Crippen molar-refractivity contribution in [2.75, 3.05) is 0 Å². The van der Waals surface area contributed by atoms with Gasteiger partial charge in [0.1, 0.15) is 0 Å². The third-order valence-corrected chi connectivity index (χ3v) is 2.86. The van der Waals surface area contributed by atoms with Crippen molar-refractivity contribution in [3.8, 4) is 0 Å². The third kappa shape index (κ3) is 1.57. The van der Waals surface area contributed by atoms with Crippen molar-refractivity contribution in [2.45, 2.75) is 0 Å². The summed E-state index contributed by atoms with van der Waals surface area (Å²) >= 11 is 0. The zero-order chi connectivity index (χ0) is 12.7. The van der Waals surface area contributed by atoms with Gasteiger partial charge >= 0.3 is 6.09 Å². The third-order valence-electron chi connectivity index (χ3n) is 2.86. The molecule has 90 valence electrons. The number of carbonyl (C=O) groups is 2. The van der Waals surface area contributed by atoms with Crippen LogP contribution in [0.25, 0.3) is 17.0 Å². The first-order valence-electron chi connectivity index (χ1n) is 5.44. The second-order valence-electron chi connectivity index (χ2n) is 4.06. The number of fused-ring (bicyclic) bond motifs is 1. The van der Waals surface area contributed by atoms with E-state index in [1.807, 2.05) is 42.1 Å². The molecule has 1 aliphatic heterocycles. The average Bonchev–Trinajstić information content (AvgIpc) is 2.82. The molecule has 1 aromatic carbocycles. The first kappa shape index (κ1) is 10.6. The minimum absolute atomic E-state index is 0.0244. The van der Waals surface area contributed by atoms with Gasteiger partial charge in [0.25, 0.3) is 5.91 Å². The number of hydrogen-bond acceptors (Lipinski definition) is 3. The number of carbonyl (C=O) groups excluding carboxylic acids is 2. The van der Waals surface area contributed by atoms with Gasteiger partial charge in [0.05, 0.1) is 0 Å². The number of aromatic nitrogens is 1. The molecule has 0 radical (unpaired) electrons. The fraction of sp³-hybridized carbons (Fsp3) is 0.0769. The number of para-hydroxylation sites is 1. The Morgan fingerprint density at radius 3 is 2.78 bits per heavy atom. The molecule has 2 aromatic rings. The van der Waals surface area contributed by atoms with Gasteiger partial charge in [-0.25, -0.2) is 4.79 Å². The van der Waals surface area contributed by atoms with E-state index in [4.69, 9.17) is 4.74 Å². The van der Waals surface area contributed by atoms with E-state index in [0.717, 1.165) is 16.5 Å². The van der Waals surface area contributed by atoms with Crippen molar-refractivity contribution in [3.05, 3.63) is 41.8 Å². The Kier molecular flexibility index (Phi) is 2.19. The van der Waals surface area contributed by atoms with Gasteiger partial charge < -0.3 is 9.30 Å². The average molecular weight is 242 g/mol. The van der Waals surface area contributed by atoms with Gasteiger partial charge in [-0.2, -0.15) is 0 Å². The van der Waals surface area contributed by atoms with Crippen molar-refractivity contribution >= 4 is 29.0 Å². The van der Waals surface area contributed by atoms with Crippen molar-refractivity contribution in [1.29, 1.82) is 0 Å². The summed E-state index contributed by atoms with van der Waals surface area (Å²) in [6.07, 6.45) is 2.73. The maximum atomic E-state index is 11.4. The smallest absolute Gasteiger partial charge is 0.404 e. The minimum Gasteiger partial charge on any atom is -0.404 e. The molecule has 1 saturated heterocycles. The lowest BCUT2D eigenvalue weighted by molar-refractivity contribution is -0.116. The molecule has 0 saturated carbocycles. The Hall–Kier alpha value is -2.56. The lowest BCUT2D eigenvalue weighted by Crippen LogP contribution is -2.18. The molecule has 0 atom stereocenters. The summed E-state index contributed by atoms with van der Waals surface area (Å²) < 4.78 is 6.74. The van der Waals surface area contributed by atoms with Crippen molar-refractivity contribution < 1.29 is 14.3 Å². The van der Waals surface area contributed by atoms with Crippen LogP contribution in [0, 0.1) is 0 Å². The van der Waals surface area contributed by atoms with Gasteiger partial charge in [-0.05, 0) is 12.1 Å². The number of amides is 2. The Morgan fingerprint density at radius 2 is 2.06 bits per heavy atom. The molecule has 5 heteroatoms. The molecule has 0 spiro atoms. The number of hydrogen-bond donors (Lipinski definition) is 1. The lowest BCUT2D eigenvalue weighted by atomic mass is 10.1. The van der Waals surface area contributed by atoms with Gasteiger partial charge in [-0.3, -0.25) is 10.1 Å². The molecule has 0 aliphatic carbocycles. The number of benzene rings is 1. The van der Waals surface area contributed by atoms with Gasteiger partial charge in [0, 0.05) is 29.7 Å². The van der Waals surface area contributed by atoms with Crippen LogP contribution in [-0.4, -0.2) is 16.6 Å². The number of ether oxygens (including phenoxy) is 1. The summed E-state index contributed by atoms with van der Waals surface area (Å²) in [5.74, 6) is -0.482. The highest BCUT2D eigenvalue weighted by atomic mass is 16.6. The molecule has 0 bridgehead atoms. The van der Waals surface area contributed by atoms with E-state index in [2.05, 4.69) is 5.32 Å². The SMILES string of the molecule is Cn1cc(C=C2OC(=O)NC2=O)c2ccccc21. The second-order valence-corrected chi connectivity index (χ2v) is 4.06. The van der Waals surface area contributed by atoms with Gasteiger partial charge in [-0.15, -0.1) is 0 Å². The fourth-order valence-corrected chi connectivity index (χ4v) is 2.05. The largest absolute Gasteiger partial charge is 0.419 e. The number of nitrogens with zero attached hydrogens (tertiary/aromatic N) is 1. The number of cyclic esters (lactones) is 1. The Bertz CT molecular complexity index is 697. The van der Waals surface area contributed by atoms with Crippen LogP contribution < -0.4 is 5.32 Å². The highest BCUT2D eigenvalue weighted by Crippen LogP contribution is 2.23. The lowest BCUT2D eigenvalue weighted by Gasteiger charge is -1.93. The van der Waals surface area contributed by atoms with Crippen molar-refractivity contribution in [2.24, 2.45) is 7.05 Å². The fourth-order valence-electron chi connectivity index (χ4n) is 2.05. The summed E-state index contributed by atoms with van der Waals surface area (Å²) in [5.41, 5.74) is 1.89. The Balaban J connectivity index is 2.13. The zero-order valence-electron chi connectivity index (χ0n) is 9.64. The number of imide groups is 1. The maximum absolute atomic E-state index is 11.4. The summed E-state index contributed by atoms with van der Waals surface area (Å²) in [6.45, 7) is 0. The highest BCUT2D eigenvalue weighted by molar-refractivity contribution is 6.10. The topological polar surface area (TPSA) is 60.3 Å². The normalized spacial score (nSPS) is 17.3. The summed E-state index contributed by atoms with van der Waals surface area (Å²) in [6, 6.07) is 7.81. The van der Waals surface area contributed by atoms with Crippen LogP contribution >= 0.6 is 0 Å². The summed E-state index contributed by atoms with van der Waals surface area (Å²) in [7, 11) is 1.92. The van der Waals surface area contributed by atoms with Crippen LogP contribution in [0.1, 0.15) is 5.56 Å². The van der Waals surface area contributed by atoms with E-state index in [1.54, 1.807) is 6.08 Å². The second kappa shape index (κ2) is 3.73. The van der Waals surface area contributed by atoms with Crippen LogP contribution in [0.4, 0.5) is 4.79 Å². The molecule has 1 fully saturated rings. The maximum Gasteiger partial charge on any atom is 0.419 e. The van der Waals surface area contributed by atoms with Gasteiger partial charge in [0.15, 0.2) is 5.76 Å². The Labute approximate surface area is 103 Å². The van der Waals surface area contributed by atoms with Gasteiger partial charge in [0.2, 0.25) is 0 Å². The molecular weight excluding hydrogens is 232 g/mol. The summed E-state index contributed by atoms with van der Waals surface area (Å²) in [5, 5.41) is 3.07. The van der Waals surface area contributed by atoms with E-state index >= 15 is 0 Å². The number of rotatable bonds is 1. The molecule has 3 rings (SSSR count). The molecule has 0 unspecified atom stereocenters. The standard InChI is InChI=1S/C13H10N2O3/c1-15-7-8(9-4-2-3-5-10(9)15)6-11-12(16)14-13(17)18-11/h2-7H,1H3,(H,14,16,17). The molecular formula is C13H10N2O3. The molecule has 1 aromatic heterocycles. The molecule has 5 nitrogen and oxygen atoms in total. The van der Waals surface area contributed by atoms with E-state index in [1.165, 1.54) is 0 Å². The Morgan fingerprint density at radius 1 is 1.28 bits per heavy atom. The molecule has 18 heavy (non-hydrogen) atoms. The molecule has 1 N–H and O–H groups in total. The molecule has 2 amide bonds. The van der Waals surface area contributed by atoms with E-state index in [9.17, 15) is 9.59 Å². The quantitative estimate of drug-likeness (QED) is 0.775. The first-order chi connectivity index (χ1) is 8.65. The van der Waals surface area contributed by atoms with Crippen LogP contribution in [0.15, 0.2) is 36.2 Å². The first-order valence-corrected chi connectivity index (χ1v) is 5.44. The number of aryl methyl sites for hydroxylation is 1. The van der Waals surface area contributed by atoms with Crippen LogP contribution in [-0.2, 0) is 16.6 Å².